The predicted molar refractivity (Wildman–Crippen MR) is 62.1 cm³/mol. The largest absolute Gasteiger partial charge is 0.497 e. The van der Waals surface area contributed by atoms with Gasteiger partial charge < -0.3 is 15.2 Å². The molecular weight excluding hydrogens is 241 g/mol. The number of carbonyl (C=O) groups excluding carboxylic acids is 1. The average molecular weight is 255 g/mol. The first-order valence-corrected chi connectivity index (χ1v) is 5.36. The van der Waals surface area contributed by atoms with E-state index < -0.39 is 23.7 Å². The Morgan fingerprint density at radius 2 is 2.17 bits per heavy atom. The molecule has 1 aromatic rings. The SMILES string of the molecule is CC[C@H](NC(=O)c1ccc(OC)cc1F)C(=O)O. The van der Waals surface area contributed by atoms with Crippen LogP contribution in [0.2, 0.25) is 0 Å². The molecule has 1 amide bonds. The highest BCUT2D eigenvalue weighted by molar-refractivity contribution is 5.96. The minimum absolute atomic E-state index is 0.212. The van der Waals surface area contributed by atoms with Crippen LogP contribution in [0.25, 0.3) is 0 Å². The first kappa shape index (κ1) is 14.0. The zero-order valence-corrected chi connectivity index (χ0v) is 10.1. The van der Waals surface area contributed by atoms with Crippen molar-refractivity contribution in [2.45, 2.75) is 19.4 Å². The van der Waals surface area contributed by atoms with Crippen molar-refractivity contribution >= 4 is 11.9 Å². The van der Waals surface area contributed by atoms with Gasteiger partial charge in [0, 0.05) is 6.07 Å². The normalized spacial score (nSPS) is 11.7. The summed E-state index contributed by atoms with van der Waals surface area (Å²) >= 11 is 0. The lowest BCUT2D eigenvalue weighted by molar-refractivity contribution is -0.139. The number of nitrogens with one attached hydrogen (secondary N) is 1. The molecule has 0 aliphatic rings. The van der Waals surface area contributed by atoms with Crippen LogP contribution in [-0.4, -0.2) is 30.1 Å². The standard InChI is InChI=1S/C12H14FNO4/c1-3-10(12(16)17)14-11(15)8-5-4-7(18-2)6-9(8)13/h4-6,10H,3H2,1-2H3,(H,14,15)(H,16,17)/t10-/m0/s1. The van der Waals surface area contributed by atoms with Crippen LogP contribution in [0, 0.1) is 5.82 Å². The molecule has 1 atom stereocenters. The first-order chi connectivity index (χ1) is 8.49. The fraction of sp³-hybridized carbons (Fsp3) is 0.333. The average Bonchev–Trinajstić information content (AvgIpc) is 2.34. The van der Waals surface area contributed by atoms with E-state index in [-0.39, 0.29) is 17.7 Å². The summed E-state index contributed by atoms with van der Waals surface area (Å²) in [4.78, 5) is 22.4. The highest BCUT2D eigenvalue weighted by Gasteiger charge is 2.20. The second-order valence-corrected chi connectivity index (χ2v) is 3.62. The molecule has 0 saturated heterocycles. The molecule has 0 radical (unpaired) electrons. The summed E-state index contributed by atoms with van der Waals surface area (Å²) in [5, 5.41) is 11.0. The van der Waals surface area contributed by atoms with E-state index in [2.05, 4.69) is 5.32 Å². The van der Waals surface area contributed by atoms with E-state index in [0.29, 0.717) is 0 Å². The minimum atomic E-state index is -1.15. The summed E-state index contributed by atoms with van der Waals surface area (Å²) in [6.45, 7) is 1.61. The van der Waals surface area contributed by atoms with Crippen LogP contribution in [0.4, 0.5) is 4.39 Å². The van der Waals surface area contributed by atoms with Crippen LogP contribution in [0.1, 0.15) is 23.7 Å². The first-order valence-electron chi connectivity index (χ1n) is 5.36. The third-order valence-electron chi connectivity index (χ3n) is 2.43. The molecule has 18 heavy (non-hydrogen) atoms. The maximum Gasteiger partial charge on any atom is 0.326 e. The number of carboxylic acid groups (broad SMARTS) is 1. The van der Waals surface area contributed by atoms with E-state index >= 15 is 0 Å². The van der Waals surface area contributed by atoms with Crippen molar-refractivity contribution in [3.05, 3.63) is 29.6 Å². The number of aliphatic carboxylic acids is 1. The summed E-state index contributed by atoms with van der Waals surface area (Å²) in [7, 11) is 1.38. The van der Waals surface area contributed by atoms with Crippen LogP contribution in [0.15, 0.2) is 18.2 Å². The van der Waals surface area contributed by atoms with Gasteiger partial charge in [-0.25, -0.2) is 9.18 Å². The number of amides is 1. The Labute approximate surface area is 104 Å². The molecular formula is C12H14FNO4. The molecule has 1 aromatic carbocycles. The zero-order valence-electron chi connectivity index (χ0n) is 10.1. The topological polar surface area (TPSA) is 75.6 Å². The number of carboxylic acids is 1. The van der Waals surface area contributed by atoms with Gasteiger partial charge in [0.05, 0.1) is 12.7 Å². The molecule has 1 rings (SSSR count). The molecule has 0 unspecified atom stereocenters. The van der Waals surface area contributed by atoms with E-state index in [4.69, 9.17) is 9.84 Å². The Bertz CT molecular complexity index is 461. The molecule has 0 spiro atoms. The Hall–Kier alpha value is -2.11. The maximum atomic E-state index is 13.6. The van der Waals surface area contributed by atoms with E-state index in [9.17, 15) is 14.0 Å². The molecule has 0 heterocycles. The number of ether oxygens (including phenoxy) is 1. The van der Waals surface area contributed by atoms with Gasteiger partial charge in [0.2, 0.25) is 0 Å². The Morgan fingerprint density at radius 1 is 1.50 bits per heavy atom. The predicted octanol–water partition coefficient (Wildman–Crippen LogP) is 1.43. The van der Waals surface area contributed by atoms with Crippen molar-refractivity contribution in [1.29, 1.82) is 0 Å². The second-order valence-electron chi connectivity index (χ2n) is 3.62. The van der Waals surface area contributed by atoms with Gasteiger partial charge in [-0.05, 0) is 18.6 Å². The van der Waals surface area contributed by atoms with Crippen molar-refractivity contribution in [2.75, 3.05) is 7.11 Å². The van der Waals surface area contributed by atoms with Crippen LogP contribution in [0.3, 0.4) is 0 Å². The maximum absolute atomic E-state index is 13.6. The monoisotopic (exact) mass is 255 g/mol. The van der Waals surface area contributed by atoms with Gasteiger partial charge >= 0.3 is 5.97 Å². The Kier molecular flexibility index (Phi) is 4.65. The number of hydrogen-bond acceptors (Lipinski definition) is 3. The second kappa shape index (κ2) is 6.00. The van der Waals surface area contributed by atoms with Gasteiger partial charge in [-0.3, -0.25) is 4.79 Å². The van der Waals surface area contributed by atoms with Gasteiger partial charge in [-0.15, -0.1) is 0 Å². The summed E-state index contributed by atoms with van der Waals surface area (Å²) in [6.07, 6.45) is 0.221. The number of halogens is 1. The van der Waals surface area contributed by atoms with Crippen molar-refractivity contribution < 1.29 is 23.8 Å². The molecule has 0 saturated carbocycles. The molecule has 0 bridgehead atoms. The third kappa shape index (κ3) is 3.19. The third-order valence-corrected chi connectivity index (χ3v) is 2.43. The van der Waals surface area contributed by atoms with Gasteiger partial charge in [0.25, 0.3) is 5.91 Å². The summed E-state index contributed by atoms with van der Waals surface area (Å²) in [5.41, 5.74) is -0.212. The zero-order chi connectivity index (χ0) is 13.7. The van der Waals surface area contributed by atoms with Crippen LogP contribution in [0.5, 0.6) is 5.75 Å². The molecule has 0 aliphatic heterocycles. The van der Waals surface area contributed by atoms with Gasteiger partial charge in [-0.1, -0.05) is 6.92 Å². The lowest BCUT2D eigenvalue weighted by atomic mass is 10.1. The number of hydrogen-bond donors (Lipinski definition) is 2. The number of rotatable bonds is 5. The van der Waals surface area contributed by atoms with E-state index in [0.717, 1.165) is 6.07 Å². The highest BCUT2D eigenvalue weighted by atomic mass is 19.1. The fourth-order valence-corrected chi connectivity index (χ4v) is 1.38. The lowest BCUT2D eigenvalue weighted by Gasteiger charge is -2.12. The number of carbonyl (C=O) groups is 2. The molecule has 98 valence electrons. The van der Waals surface area contributed by atoms with Crippen molar-refractivity contribution in [3.8, 4) is 5.75 Å². The van der Waals surface area contributed by atoms with E-state index in [1.165, 1.54) is 19.2 Å². The lowest BCUT2D eigenvalue weighted by Crippen LogP contribution is -2.40. The Balaban J connectivity index is 2.87. The molecule has 6 heteroatoms. The molecule has 5 nitrogen and oxygen atoms in total. The number of benzene rings is 1. The van der Waals surface area contributed by atoms with E-state index in [1.54, 1.807) is 6.92 Å². The van der Waals surface area contributed by atoms with Gasteiger partial charge in [-0.2, -0.15) is 0 Å². The Morgan fingerprint density at radius 3 is 2.61 bits per heavy atom. The summed E-state index contributed by atoms with van der Waals surface area (Å²) < 4.78 is 18.4. The van der Waals surface area contributed by atoms with Crippen molar-refractivity contribution in [2.24, 2.45) is 0 Å². The molecule has 0 aliphatic carbocycles. The van der Waals surface area contributed by atoms with Gasteiger partial charge in [0.1, 0.15) is 17.6 Å². The van der Waals surface area contributed by atoms with Crippen LogP contribution in [-0.2, 0) is 4.79 Å². The molecule has 0 fully saturated rings. The molecule has 0 aromatic heterocycles. The van der Waals surface area contributed by atoms with Crippen LogP contribution >= 0.6 is 0 Å². The highest BCUT2D eigenvalue weighted by Crippen LogP contribution is 2.16. The quantitative estimate of drug-likeness (QED) is 0.834. The summed E-state index contributed by atoms with van der Waals surface area (Å²) in [5.74, 6) is -2.38. The number of methoxy groups -OCH3 is 1. The smallest absolute Gasteiger partial charge is 0.326 e. The van der Waals surface area contributed by atoms with Gasteiger partial charge in [0.15, 0.2) is 0 Å². The molecule has 2 N–H and O–H groups in total. The summed E-state index contributed by atoms with van der Waals surface area (Å²) in [6, 6.07) is 2.72. The van der Waals surface area contributed by atoms with Crippen LogP contribution < -0.4 is 10.1 Å². The minimum Gasteiger partial charge on any atom is -0.497 e. The van der Waals surface area contributed by atoms with Crippen molar-refractivity contribution in [3.63, 3.8) is 0 Å². The van der Waals surface area contributed by atoms with E-state index in [1.807, 2.05) is 0 Å². The van der Waals surface area contributed by atoms with Crippen molar-refractivity contribution in [1.82, 2.24) is 5.32 Å². The fourth-order valence-electron chi connectivity index (χ4n) is 1.38.